The lowest BCUT2D eigenvalue weighted by Gasteiger charge is -2.39. The molecule has 0 aromatic heterocycles. The topological polar surface area (TPSA) is 111 Å². The number of hydrogen-bond donors (Lipinski definition) is 3. The fraction of sp³-hybridized carbons (Fsp3) is 0.882. The number of carbonyl (C=O) groups excluding carboxylic acids is 1. The van der Waals surface area contributed by atoms with Crippen LogP contribution in [-0.4, -0.2) is 49.8 Å². The van der Waals surface area contributed by atoms with Gasteiger partial charge in [0.2, 0.25) is 0 Å². The molecule has 0 rings (SSSR count). The summed E-state index contributed by atoms with van der Waals surface area (Å²) in [4.78, 5) is 23.1. The highest BCUT2D eigenvalue weighted by molar-refractivity contribution is 6.74. The Balaban J connectivity index is 5.03. The van der Waals surface area contributed by atoms with Crippen LogP contribution in [0.1, 0.15) is 54.4 Å². The number of carbonyl (C=O) groups is 2. The molecule has 0 aliphatic carbocycles. The number of carboxylic acids is 1. The molecule has 0 aliphatic rings. The molecule has 25 heavy (non-hydrogen) atoms. The first-order chi connectivity index (χ1) is 11.1. The first kappa shape index (κ1) is 23.9. The van der Waals surface area contributed by atoms with Crippen molar-refractivity contribution in [1.82, 2.24) is 5.32 Å². The molecule has 0 aromatic carbocycles. The molecule has 0 spiro atoms. The summed E-state index contributed by atoms with van der Waals surface area (Å²) in [6.45, 7) is 16.1. The molecule has 4 N–H and O–H groups in total. The molecule has 0 aliphatic heterocycles. The van der Waals surface area contributed by atoms with Crippen molar-refractivity contribution in [2.24, 2.45) is 5.73 Å². The van der Waals surface area contributed by atoms with Crippen LogP contribution in [0.4, 0.5) is 4.79 Å². The number of alkyl carbamates (subject to hydrolysis) is 1. The number of hydrogen-bond acceptors (Lipinski definition) is 5. The second-order valence-corrected chi connectivity index (χ2v) is 13.7. The lowest BCUT2D eigenvalue weighted by molar-refractivity contribution is -0.137. The van der Waals surface area contributed by atoms with E-state index in [-0.39, 0.29) is 24.1 Å². The van der Waals surface area contributed by atoms with Gasteiger partial charge in [-0.05, 0) is 45.3 Å². The lowest BCUT2D eigenvalue weighted by Crippen LogP contribution is -2.49. The summed E-state index contributed by atoms with van der Waals surface area (Å²) in [6, 6.07) is -0.606. The van der Waals surface area contributed by atoms with E-state index in [0.29, 0.717) is 6.42 Å². The lowest BCUT2D eigenvalue weighted by atomic mass is 10.1. The predicted molar refractivity (Wildman–Crippen MR) is 101 cm³/mol. The minimum atomic E-state index is -2.05. The number of rotatable bonds is 8. The molecule has 0 heterocycles. The predicted octanol–water partition coefficient (Wildman–Crippen LogP) is 3.09. The van der Waals surface area contributed by atoms with Crippen molar-refractivity contribution in [3.8, 4) is 0 Å². The van der Waals surface area contributed by atoms with Crippen molar-refractivity contribution in [3.05, 3.63) is 0 Å². The zero-order valence-corrected chi connectivity index (χ0v) is 17.9. The first-order valence-corrected chi connectivity index (χ1v) is 11.6. The minimum Gasteiger partial charge on any atom is -0.481 e. The van der Waals surface area contributed by atoms with Crippen LogP contribution in [0.15, 0.2) is 0 Å². The Morgan fingerprint density at radius 2 is 1.68 bits per heavy atom. The highest BCUT2D eigenvalue weighted by atomic mass is 28.4. The van der Waals surface area contributed by atoms with Crippen molar-refractivity contribution >= 4 is 20.4 Å². The number of amides is 1. The number of ether oxygens (including phenoxy) is 1. The summed E-state index contributed by atoms with van der Waals surface area (Å²) in [6.07, 6.45) is -0.840. The fourth-order valence-corrected chi connectivity index (χ4v) is 3.36. The van der Waals surface area contributed by atoms with Crippen LogP contribution in [0, 0.1) is 0 Å². The van der Waals surface area contributed by atoms with Gasteiger partial charge in [0.1, 0.15) is 5.60 Å². The van der Waals surface area contributed by atoms with Gasteiger partial charge in [0.05, 0.1) is 12.5 Å². The van der Waals surface area contributed by atoms with Crippen molar-refractivity contribution in [2.45, 2.75) is 90.3 Å². The van der Waals surface area contributed by atoms with Crippen molar-refractivity contribution in [2.75, 3.05) is 6.54 Å². The Hall–Kier alpha value is -1.12. The summed E-state index contributed by atoms with van der Waals surface area (Å²) < 4.78 is 11.5. The molecule has 0 saturated heterocycles. The van der Waals surface area contributed by atoms with Crippen LogP contribution in [0.25, 0.3) is 0 Å². The number of aliphatic carboxylic acids is 1. The van der Waals surface area contributed by atoms with Gasteiger partial charge in [-0.2, -0.15) is 0 Å². The zero-order valence-electron chi connectivity index (χ0n) is 16.9. The van der Waals surface area contributed by atoms with E-state index in [1.807, 2.05) is 0 Å². The van der Waals surface area contributed by atoms with Gasteiger partial charge in [0.15, 0.2) is 8.32 Å². The summed E-state index contributed by atoms with van der Waals surface area (Å²) >= 11 is 0. The van der Waals surface area contributed by atoms with Crippen LogP contribution in [0.3, 0.4) is 0 Å². The van der Waals surface area contributed by atoms with E-state index in [1.54, 1.807) is 20.8 Å². The van der Waals surface area contributed by atoms with E-state index >= 15 is 0 Å². The van der Waals surface area contributed by atoms with Gasteiger partial charge in [0, 0.05) is 12.6 Å². The van der Waals surface area contributed by atoms with E-state index < -0.39 is 32.0 Å². The monoisotopic (exact) mass is 376 g/mol. The van der Waals surface area contributed by atoms with Crippen LogP contribution in [0.2, 0.25) is 18.1 Å². The maximum absolute atomic E-state index is 12.0. The third-order valence-corrected chi connectivity index (χ3v) is 8.75. The first-order valence-electron chi connectivity index (χ1n) is 8.66. The Bertz CT molecular complexity index is 455. The molecule has 8 heteroatoms. The molecule has 0 saturated carbocycles. The van der Waals surface area contributed by atoms with Crippen LogP contribution in [0.5, 0.6) is 0 Å². The van der Waals surface area contributed by atoms with E-state index in [0.717, 1.165) is 0 Å². The third kappa shape index (κ3) is 9.81. The maximum Gasteiger partial charge on any atom is 0.407 e. The zero-order chi connectivity index (χ0) is 20.1. The average Bonchev–Trinajstić information content (AvgIpc) is 2.32. The SMILES string of the molecule is CC(C)(C)OC(=O)N[C@@H](CC(=O)O)C[C@H](CN)O[Si](C)(C)C(C)(C)C. The highest BCUT2D eigenvalue weighted by Gasteiger charge is 2.39. The largest absolute Gasteiger partial charge is 0.481 e. The Labute approximate surface area is 152 Å². The Morgan fingerprint density at radius 3 is 2.04 bits per heavy atom. The second-order valence-electron chi connectivity index (χ2n) is 8.91. The van der Waals surface area contributed by atoms with Crippen molar-refractivity contribution < 1.29 is 23.9 Å². The highest BCUT2D eigenvalue weighted by Crippen LogP contribution is 2.37. The molecule has 1 amide bonds. The number of carboxylic acid groups (broad SMARTS) is 1. The average molecular weight is 377 g/mol. The van der Waals surface area contributed by atoms with Crippen molar-refractivity contribution in [1.29, 1.82) is 0 Å². The Kier molecular flexibility index (Phi) is 8.60. The normalized spacial score (nSPS) is 15.4. The van der Waals surface area contributed by atoms with E-state index in [1.165, 1.54) is 0 Å². The smallest absolute Gasteiger partial charge is 0.407 e. The van der Waals surface area contributed by atoms with Gasteiger partial charge < -0.3 is 25.3 Å². The van der Waals surface area contributed by atoms with Gasteiger partial charge in [-0.15, -0.1) is 0 Å². The summed E-state index contributed by atoms with van der Waals surface area (Å²) in [5.74, 6) is -0.996. The van der Waals surface area contributed by atoms with E-state index in [2.05, 4.69) is 39.2 Å². The van der Waals surface area contributed by atoms with Gasteiger partial charge in [-0.25, -0.2) is 4.79 Å². The van der Waals surface area contributed by atoms with Crippen molar-refractivity contribution in [3.63, 3.8) is 0 Å². The molecule has 148 valence electrons. The van der Waals surface area contributed by atoms with Gasteiger partial charge >= 0.3 is 12.1 Å². The quantitative estimate of drug-likeness (QED) is 0.561. The van der Waals surface area contributed by atoms with Gasteiger partial charge in [-0.3, -0.25) is 4.79 Å². The third-order valence-electron chi connectivity index (χ3n) is 4.22. The molecule has 0 bridgehead atoms. The van der Waals surface area contributed by atoms with Gasteiger partial charge in [-0.1, -0.05) is 20.8 Å². The fourth-order valence-electron chi connectivity index (χ4n) is 1.98. The molecular formula is C17H36N2O5Si. The summed E-state index contributed by atoms with van der Waals surface area (Å²) in [7, 11) is -2.05. The van der Waals surface area contributed by atoms with E-state index in [9.17, 15) is 9.59 Å². The second kappa shape index (κ2) is 9.00. The molecule has 0 radical (unpaired) electrons. The molecular weight excluding hydrogens is 340 g/mol. The molecule has 7 nitrogen and oxygen atoms in total. The molecule has 0 unspecified atom stereocenters. The number of nitrogens with one attached hydrogen (secondary N) is 1. The standard InChI is InChI=1S/C17H36N2O5Si/c1-16(2,3)23-15(22)19-12(10-14(20)21)9-13(11-18)24-25(7,8)17(4,5)6/h12-13H,9-11,18H2,1-8H3,(H,19,22)(H,20,21)/t12-,13-/m1/s1. The molecule has 2 atom stereocenters. The summed E-state index contributed by atoms with van der Waals surface area (Å²) in [5.41, 5.74) is 5.19. The van der Waals surface area contributed by atoms with E-state index in [4.69, 9.17) is 20.0 Å². The van der Waals surface area contributed by atoms with Crippen LogP contribution in [-0.2, 0) is 14.0 Å². The van der Waals surface area contributed by atoms with Gasteiger partial charge in [0.25, 0.3) is 0 Å². The maximum atomic E-state index is 12.0. The summed E-state index contributed by atoms with van der Waals surface area (Å²) in [5, 5.41) is 11.8. The van der Waals surface area contributed by atoms with Crippen LogP contribution < -0.4 is 11.1 Å². The molecule has 0 aromatic rings. The van der Waals surface area contributed by atoms with Crippen LogP contribution >= 0.6 is 0 Å². The Morgan fingerprint density at radius 1 is 1.16 bits per heavy atom. The minimum absolute atomic E-state index is 0.0152. The molecule has 0 fully saturated rings. The number of nitrogens with two attached hydrogens (primary N) is 1.